The zero-order valence-electron chi connectivity index (χ0n) is 31.6. The van der Waals surface area contributed by atoms with Gasteiger partial charge in [-0.1, -0.05) is 140 Å². The van der Waals surface area contributed by atoms with Gasteiger partial charge in [-0.3, -0.25) is 0 Å². The summed E-state index contributed by atoms with van der Waals surface area (Å²) in [6.45, 7) is 10.4. The molecule has 4 rings (SSSR count). The lowest BCUT2D eigenvalue weighted by Gasteiger charge is -2.18. The summed E-state index contributed by atoms with van der Waals surface area (Å²) < 4.78 is 58.0. The van der Waals surface area contributed by atoms with Crippen molar-refractivity contribution in [1.29, 1.82) is 0 Å². The van der Waals surface area contributed by atoms with Crippen LogP contribution < -0.4 is 9.92 Å². The Hall–Kier alpha value is -2.71. The van der Waals surface area contributed by atoms with Crippen LogP contribution in [0.3, 0.4) is 0 Å². The van der Waals surface area contributed by atoms with Crippen LogP contribution in [0.15, 0.2) is 48.8 Å². The highest BCUT2D eigenvalue weighted by Crippen LogP contribution is 2.50. The molecule has 2 heterocycles. The van der Waals surface area contributed by atoms with E-state index in [2.05, 4.69) is 55.9 Å². The minimum absolute atomic E-state index is 0.0456. The first kappa shape index (κ1) is 41.0. The van der Waals surface area contributed by atoms with E-state index in [0.717, 1.165) is 35.9 Å². The number of ether oxygens (including phenoxy) is 2. The minimum atomic E-state index is -3.44. The predicted octanol–water partition coefficient (Wildman–Crippen LogP) is 12.1. The van der Waals surface area contributed by atoms with Gasteiger partial charge in [-0.05, 0) is 55.2 Å². The summed E-state index contributed by atoms with van der Waals surface area (Å²) >= 11 is 0. The second-order valence-electron chi connectivity index (χ2n) is 14.7. The van der Waals surface area contributed by atoms with Crippen LogP contribution in [-0.2, 0) is 10.7 Å². The lowest BCUT2D eigenvalue weighted by Crippen LogP contribution is -2.30. The first-order valence-corrected chi connectivity index (χ1v) is 21.1. The molecule has 0 N–H and O–H groups in total. The average Bonchev–Trinajstić information content (AvgIpc) is 3.39. The third-order valence-electron chi connectivity index (χ3n) is 10.3. The molecule has 3 unspecified atom stereocenters. The highest BCUT2D eigenvalue weighted by molar-refractivity contribution is 6.55. The van der Waals surface area contributed by atoms with Crippen LogP contribution in [0.4, 0.5) is 13.2 Å². The molecule has 1 aromatic heterocycles. The third-order valence-corrected chi connectivity index (χ3v) is 11.6. The van der Waals surface area contributed by atoms with Gasteiger partial charge in [0, 0.05) is 31.2 Å². The van der Waals surface area contributed by atoms with E-state index in [9.17, 15) is 0 Å². The fraction of sp³-hybridized carbons (Fsp3) is 0.628. The molecule has 2 aromatic carbocycles. The highest BCUT2D eigenvalue weighted by atomic mass is 28.2. The maximum atomic E-state index is 15.8. The predicted molar refractivity (Wildman–Crippen MR) is 206 cm³/mol. The summed E-state index contributed by atoms with van der Waals surface area (Å²) in [5.74, 6) is -2.92. The Balaban J connectivity index is 1.28. The molecule has 8 heteroatoms. The van der Waals surface area contributed by atoms with E-state index < -0.39 is 23.4 Å². The Morgan fingerprint density at radius 2 is 1.39 bits per heavy atom. The largest absolute Gasteiger partial charge is 0.483 e. The summed E-state index contributed by atoms with van der Waals surface area (Å²) in [6.07, 6.45) is 19.7. The molecule has 3 atom stereocenters. The zero-order chi connectivity index (χ0) is 36.5. The molecule has 0 fully saturated rings. The Bertz CT molecular complexity index is 1440. The topological polar surface area (TPSA) is 44.2 Å². The first-order chi connectivity index (χ1) is 24.8. The maximum absolute atomic E-state index is 15.8. The number of halogens is 3. The Labute approximate surface area is 308 Å². The number of benzene rings is 2. The minimum Gasteiger partial charge on any atom is -0.483 e. The molecule has 0 saturated carbocycles. The van der Waals surface area contributed by atoms with Crippen LogP contribution in [0.5, 0.6) is 5.75 Å². The molecule has 1 aliphatic rings. The van der Waals surface area contributed by atoms with Crippen LogP contribution in [-0.4, -0.2) is 38.8 Å². The van der Waals surface area contributed by atoms with Gasteiger partial charge in [0.25, 0.3) is 0 Å². The van der Waals surface area contributed by atoms with Crippen LogP contribution in [0, 0.1) is 17.7 Å². The molecular weight excluding hydrogens is 662 g/mol. The molecule has 0 saturated heterocycles. The Kier molecular flexibility index (Phi) is 17.5. The van der Waals surface area contributed by atoms with E-state index in [1.54, 1.807) is 12.4 Å². The SMILES string of the molecule is CCCCCCOCCCCC1Oc2ccc(-c3ncc(-c4ccccc4[Si]CCC(C)CCCCC(C)CCCCC)cn3)c(F)c2C1(F)F. The highest BCUT2D eigenvalue weighted by Gasteiger charge is 2.53. The van der Waals surface area contributed by atoms with Crippen molar-refractivity contribution in [2.45, 2.75) is 148 Å². The molecule has 4 nitrogen and oxygen atoms in total. The summed E-state index contributed by atoms with van der Waals surface area (Å²) in [4.78, 5) is 8.91. The average molecular weight is 723 g/mol. The van der Waals surface area contributed by atoms with Crippen LogP contribution >= 0.6 is 0 Å². The third kappa shape index (κ3) is 12.4. The molecule has 1 aliphatic heterocycles. The molecule has 0 spiro atoms. The van der Waals surface area contributed by atoms with Gasteiger partial charge < -0.3 is 9.47 Å². The number of hydrogen-bond donors (Lipinski definition) is 0. The van der Waals surface area contributed by atoms with Gasteiger partial charge in [0.2, 0.25) is 0 Å². The van der Waals surface area contributed by atoms with E-state index in [1.807, 2.05) is 6.07 Å². The van der Waals surface area contributed by atoms with Gasteiger partial charge in [0.1, 0.15) is 17.1 Å². The molecule has 0 amide bonds. The summed E-state index contributed by atoms with van der Waals surface area (Å²) in [5, 5.41) is 1.26. The Morgan fingerprint density at radius 3 is 2.10 bits per heavy atom. The molecule has 0 aliphatic carbocycles. The Morgan fingerprint density at radius 1 is 0.765 bits per heavy atom. The quantitative estimate of drug-likeness (QED) is 0.0645. The summed E-state index contributed by atoms with van der Waals surface area (Å²) in [5.41, 5.74) is 1.16. The fourth-order valence-electron chi connectivity index (χ4n) is 7.00. The second kappa shape index (κ2) is 21.7. The van der Waals surface area contributed by atoms with E-state index in [4.69, 9.17) is 9.47 Å². The van der Waals surface area contributed by atoms with Crippen LogP contribution in [0.25, 0.3) is 22.5 Å². The van der Waals surface area contributed by atoms with E-state index in [0.29, 0.717) is 41.5 Å². The molecular formula is C43H61F3N2O2Si. The summed E-state index contributed by atoms with van der Waals surface area (Å²) in [7, 11) is 0.664. The second-order valence-corrected chi connectivity index (χ2v) is 16.1. The molecule has 51 heavy (non-hydrogen) atoms. The normalized spacial score (nSPS) is 16.2. The number of alkyl halides is 2. The van der Waals surface area contributed by atoms with Gasteiger partial charge >= 0.3 is 5.92 Å². The molecule has 3 aromatic rings. The van der Waals surface area contributed by atoms with Crippen molar-refractivity contribution in [3.63, 3.8) is 0 Å². The lowest BCUT2D eigenvalue weighted by molar-refractivity contribution is -0.0815. The monoisotopic (exact) mass is 722 g/mol. The van der Waals surface area contributed by atoms with Crippen molar-refractivity contribution in [3.05, 3.63) is 60.2 Å². The van der Waals surface area contributed by atoms with Gasteiger partial charge in [-0.2, -0.15) is 8.78 Å². The fourth-order valence-corrected chi connectivity index (χ4v) is 8.54. The van der Waals surface area contributed by atoms with Crippen LogP contribution in [0.1, 0.15) is 136 Å². The van der Waals surface area contributed by atoms with E-state index in [-0.39, 0.29) is 23.6 Å². The van der Waals surface area contributed by atoms with Crippen molar-refractivity contribution >= 4 is 14.7 Å². The number of fused-ring (bicyclic) bond motifs is 1. The van der Waals surface area contributed by atoms with Crippen LogP contribution in [0.2, 0.25) is 6.04 Å². The van der Waals surface area contributed by atoms with E-state index >= 15 is 13.2 Å². The number of unbranched alkanes of at least 4 members (excludes halogenated alkanes) is 7. The first-order valence-electron chi connectivity index (χ1n) is 19.9. The summed E-state index contributed by atoms with van der Waals surface area (Å²) in [6, 6.07) is 12.3. The van der Waals surface area contributed by atoms with Crippen molar-refractivity contribution < 1.29 is 22.6 Å². The number of nitrogens with zero attached hydrogens (tertiary/aromatic N) is 2. The van der Waals surface area contributed by atoms with Crippen molar-refractivity contribution in [3.8, 4) is 28.3 Å². The number of hydrogen-bond acceptors (Lipinski definition) is 4. The van der Waals surface area contributed by atoms with Gasteiger partial charge in [0.15, 0.2) is 11.9 Å². The van der Waals surface area contributed by atoms with Crippen molar-refractivity contribution in [2.24, 2.45) is 11.8 Å². The number of rotatable bonds is 25. The van der Waals surface area contributed by atoms with E-state index in [1.165, 1.54) is 87.9 Å². The molecule has 2 radical (unpaired) electrons. The van der Waals surface area contributed by atoms with Crippen molar-refractivity contribution in [2.75, 3.05) is 13.2 Å². The number of aromatic nitrogens is 2. The zero-order valence-corrected chi connectivity index (χ0v) is 32.6. The molecule has 280 valence electrons. The smallest absolute Gasteiger partial charge is 0.315 e. The van der Waals surface area contributed by atoms with Gasteiger partial charge in [0.05, 0.1) is 15.1 Å². The van der Waals surface area contributed by atoms with Crippen molar-refractivity contribution in [1.82, 2.24) is 9.97 Å². The van der Waals surface area contributed by atoms with Gasteiger partial charge in [-0.25, -0.2) is 14.4 Å². The van der Waals surface area contributed by atoms with Gasteiger partial charge in [-0.15, -0.1) is 0 Å². The maximum Gasteiger partial charge on any atom is 0.315 e. The lowest BCUT2D eigenvalue weighted by atomic mass is 9.94. The standard InChI is InChI=1S/C43H61F3N2O2Si/c1-5-7-9-16-27-49-28-17-15-23-39-43(45,46)40-37(50-39)25-24-36(41(40)44)42-47-30-34(31-48-42)35-21-13-14-22-38(35)51-29-26-33(4)20-12-11-19-32(3)18-10-8-6-2/h13-14,21-22,24-25,30-33,39H,5-12,15-20,23,26-29H2,1-4H3. The molecule has 0 bridgehead atoms.